The summed E-state index contributed by atoms with van der Waals surface area (Å²) in [6, 6.07) is 49.0. The maximum atomic E-state index is 5.13. The molecule has 0 atom stereocenters. The normalized spacial score (nSPS) is 13.0. The predicted octanol–water partition coefficient (Wildman–Crippen LogP) is 9.81. The molecular formula is C47H49NSi. The fourth-order valence-corrected chi connectivity index (χ4v) is 12.6. The molecule has 246 valence electrons. The van der Waals surface area contributed by atoms with Gasteiger partial charge in [-0.05, 0) is 70.5 Å². The van der Waals surface area contributed by atoms with Gasteiger partial charge in [-0.1, -0.05) is 184 Å². The molecule has 0 radical (unpaired) electrons. The Balaban J connectivity index is 1.69. The summed E-state index contributed by atoms with van der Waals surface area (Å²) in [6.45, 7) is 20.7. The molecule has 0 aliphatic rings. The molecule has 0 N–H and O–H groups in total. The third kappa shape index (κ3) is 5.70. The zero-order valence-corrected chi connectivity index (χ0v) is 31.6. The summed E-state index contributed by atoms with van der Waals surface area (Å²) in [7, 11) is -2.96. The molecule has 0 bridgehead atoms. The van der Waals surface area contributed by atoms with Crippen LogP contribution in [-0.2, 0) is 16.2 Å². The number of rotatable bonds is 4. The average Bonchev–Trinajstić information content (AvgIpc) is 3.08. The first-order valence-electron chi connectivity index (χ1n) is 17.7. The van der Waals surface area contributed by atoms with Gasteiger partial charge in [-0.3, -0.25) is 4.98 Å². The minimum absolute atomic E-state index is 0.0595. The van der Waals surface area contributed by atoms with Gasteiger partial charge in [0.2, 0.25) is 0 Å². The van der Waals surface area contributed by atoms with Crippen molar-refractivity contribution in [3.8, 4) is 0 Å². The number of aromatic nitrogens is 1. The minimum Gasteiger partial charge on any atom is -0.256 e. The molecule has 2 heteroatoms. The van der Waals surface area contributed by atoms with Gasteiger partial charge >= 0.3 is 0 Å². The van der Waals surface area contributed by atoms with Gasteiger partial charge in [-0.25, -0.2) is 0 Å². The van der Waals surface area contributed by atoms with E-state index in [0.29, 0.717) is 0 Å². The summed E-state index contributed by atoms with van der Waals surface area (Å²) >= 11 is 0. The Kier molecular flexibility index (Phi) is 7.95. The maximum absolute atomic E-state index is 5.13. The van der Waals surface area contributed by atoms with E-state index < -0.39 is 8.07 Å². The Labute approximate surface area is 294 Å². The highest BCUT2D eigenvalue weighted by Crippen LogP contribution is 2.33. The zero-order chi connectivity index (χ0) is 34.8. The van der Waals surface area contributed by atoms with Crippen molar-refractivity contribution in [1.82, 2.24) is 4.98 Å². The van der Waals surface area contributed by atoms with E-state index in [4.69, 9.17) is 4.98 Å². The van der Waals surface area contributed by atoms with Crippen LogP contribution in [0.5, 0.6) is 0 Å². The SMILES string of the molecule is CC(C)(C)c1ccc([Si](c2ccc(C(C)(C)C)cc2)(c2ccc(C(C)(C)C)cc2)c2cc3ccccc3c3c2cnc2ccccc23)cc1. The first-order chi connectivity index (χ1) is 23.2. The molecule has 0 fully saturated rings. The number of pyridine rings is 1. The molecule has 7 rings (SSSR count). The second-order valence-corrected chi connectivity index (χ2v) is 20.7. The number of nitrogens with zero attached hydrogens (tertiary/aromatic N) is 1. The van der Waals surface area contributed by atoms with Crippen LogP contribution in [0, 0.1) is 0 Å². The van der Waals surface area contributed by atoms with E-state index >= 15 is 0 Å². The van der Waals surface area contributed by atoms with Crippen LogP contribution in [0.4, 0.5) is 0 Å². The molecule has 0 amide bonds. The van der Waals surface area contributed by atoms with E-state index in [9.17, 15) is 0 Å². The summed E-state index contributed by atoms with van der Waals surface area (Å²) in [6.07, 6.45) is 2.16. The van der Waals surface area contributed by atoms with E-state index in [-0.39, 0.29) is 16.2 Å². The van der Waals surface area contributed by atoms with Crippen LogP contribution in [0.2, 0.25) is 0 Å². The van der Waals surface area contributed by atoms with E-state index in [1.165, 1.54) is 64.4 Å². The molecule has 6 aromatic carbocycles. The first kappa shape index (κ1) is 33.0. The molecule has 1 aromatic heterocycles. The molecule has 49 heavy (non-hydrogen) atoms. The lowest BCUT2D eigenvalue weighted by molar-refractivity contribution is 0.590. The summed E-state index contributed by atoms with van der Waals surface area (Å²) in [5.74, 6) is 0. The zero-order valence-electron chi connectivity index (χ0n) is 30.6. The van der Waals surface area contributed by atoms with Crippen LogP contribution in [0.15, 0.2) is 134 Å². The molecule has 0 aliphatic carbocycles. The van der Waals surface area contributed by atoms with Crippen molar-refractivity contribution >= 4 is 61.3 Å². The lowest BCUT2D eigenvalue weighted by Crippen LogP contribution is -2.75. The smallest absolute Gasteiger partial charge is 0.180 e. The van der Waals surface area contributed by atoms with E-state index in [2.05, 4.69) is 196 Å². The summed E-state index contributed by atoms with van der Waals surface area (Å²) in [5, 5.41) is 11.8. The Hall–Kier alpha value is -4.53. The van der Waals surface area contributed by atoms with Gasteiger partial charge < -0.3 is 0 Å². The number of para-hydroxylation sites is 1. The van der Waals surface area contributed by atoms with Gasteiger partial charge in [0, 0.05) is 22.4 Å². The third-order valence-corrected chi connectivity index (χ3v) is 15.4. The van der Waals surface area contributed by atoms with E-state index in [1.54, 1.807) is 0 Å². The fraction of sp³-hybridized carbons (Fsp3) is 0.255. The molecule has 0 saturated carbocycles. The molecule has 0 spiro atoms. The van der Waals surface area contributed by atoms with Crippen molar-refractivity contribution in [3.05, 3.63) is 150 Å². The fourth-order valence-electron chi connectivity index (χ4n) is 7.66. The number of hydrogen-bond donors (Lipinski definition) is 0. The highest BCUT2D eigenvalue weighted by molar-refractivity contribution is 7.20. The maximum Gasteiger partial charge on any atom is 0.180 e. The van der Waals surface area contributed by atoms with Crippen molar-refractivity contribution in [2.45, 2.75) is 78.6 Å². The van der Waals surface area contributed by atoms with Crippen LogP contribution in [-0.4, -0.2) is 13.1 Å². The largest absolute Gasteiger partial charge is 0.256 e. The van der Waals surface area contributed by atoms with Crippen LogP contribution in [0.3, 0.4) is 0 Å². The van der Waals surface area contributed by atoms with Crippen LogP contribution in [0.25, 0.3) is 32.4 Å². The number of benzene rings is 6. The molecular weight excluding hydrogens is 607 g/mol. The van der Waals surface area contributed by atoms with Crippen molar-refractivity contribution in [3.63, 3.8) is 0 Å². The Morgan fingerprint density at radius 2 is 0.837 bits per heavy atom. The van der Waals surface area contributed by atoms with Crippen LogP contribution < -0.4 is 20.7 Å². The molecule has 0 saturated heterocycles. The van der Waals surface area contributed by atoms with Gasteiger partial charge in [0.1, 0.15) is 0 Å². The molecule has 1 nitrogen and oxygen atoms in total. The Morgan fingerprint density at radius 3 is 1.29 bits per heavy atom. The Bertz CT molecular complexity index is 2140. The van der Waals surface area contributed by atoms with Gasteiger partial charge in [0.25, 0.3) is 0 Å². The van der Waals surface area contributed by atoms with Gasteiger partial charge in [-0.15, -0.1) is 0 Å². The monoisotopic (exact) mass is 655 g/mol. The lowest BCUT2D eigenvalue weighted by atomic mass is 9.87. The topological polar surface area (TPSA) is 12.9 Å². The van der Waals surface area contributed by atoms with Crippen molar-refractivity contribution in [2.24, 2.45) is 0 Å². The lowest BCUT2D eigenvalue weighted by Gasteiger charge is -2.37. The number of hydrogen-bond acceptors (Lipinski definition) is 1. The molecule has 7 aromatic rings. The van der Waals surface area contributed by atoms with Crippen molar-refractivity contribution < 1.29 is 0 Å². The third-order valence-electron chi connectivity index (χ3n) is 10.6. The quantitative estimate of drug-likeness (QED) is 0.105. The van der Waals surface area contributed by atoms with E-state index in [1.807, 2.05) is 0 Å². The molecule has 1 heterocycles. The molecule has 0 unspecified atom stereocenters. The van der Waals surface area contributed by atoms with Crippen molar-refractivity contribution in [2.75, 3.05) is 0 Å². The molecule has 0 aliphatic heterocycles. The summed E-state index contributed by atoms with van der Waals surface area (Å²) in [4.78, 5) is 5.13. The van der Waals surface area contributed by atoms with Crippen molar-refractivity contribution in [1.29, 1.82) is 0 Å². The second kappa shape index (κ2) is 11.8. The first-order valence-corrected chi connectivity index (χ1v) is 19.7. The summed E-state index contributed by atoms with van der Waals surface area (Å²) < 4.78 is 0. The van der Waals surface area contributed by atoms with Gasteiger partial charge in [-0.2, -0.15) is 0 Å². The van der Waals surface area contributed by atoms with Crippen LogP contribution in [0.1, 0.15) is 79.0 Å². The Morgan fingerprint density at radius 1 is 0.429 bits per heavy atom. The second-order valence-electron chi connectivity index (χ2n) is 16.9. The summed E-state index contributed by atoms with van der Waals surface area (Å²) in [5.41, 5.74) is 5.25. The minimum atomic E-state index is -2.96. The predicted molar refractivity (Wildman–Crippen MR) is 216 cm³/mol. The highest BCUT2D eigenvalue weighted by atomic mass is 28.3. The number of fused-ring (bicyclic) bond motifs is 5. The van der Waals surface area contributed by atoms with Crippen LogP contribution >= 0.6 is 0 Å². The van der Waals surface area contributed by atoms with Gasteiger partial charge in [0.15, 0.2) is 8.07 Å². The van der Waals surface area contributed by atoms with E-state index in [0.717, 1.165) is 5.52 Å². The standard InChI is InChI=1S/C47H49NSi/c1-45(2,3)33-18-24-36(25-19-33)49(37-26-20-34(21-27-37)46(4,5)6,38-28-22-35(23-29-38)47(7,8)9)43-30-32-14-10-11-15-39(32)44-40-16-12-13-17-42(40)48-31-41(43)44/h10-31H,1-9H3. The highest BCUT2D eigenvalue weighted by Gasteiger charge is 2.43. The van der Waals surface area contributed by atoms with Gasteiger partial charge in [0.05, 0.1) is 5.52 Å². The average molecular weight is 656 g/mol.